The van der Waals surface area contributed by atoms with Gasteiger partial charge < -0.3 is 29.4 Å². The lowest BCUT2D eigenvalue weighted by Gasteiger charge is -1.82. The van der Waals surface area contributed by atoms with Gasteiger partial charge in [0.1, 0.15) is 0 Å². The third-order valence-electron chi connectivity index (χ3n) is 0. The van der Waals surface area contributed by atoms with E-state index in [2.05, 4.69) is 0 Å². The summed E-state index contributed by atoms with van der Waals surface area (Å²) < 4.78 is 17.8. The predicted molar refractivity (Wildman–Crippen MR) is 48.4 cm³/mol. The summed E-state index contributed by atoms with van der Waals surface area (Å²) >= 11 is 0. The van der Waals surface area contributed by atoms with Gasteiger partial charge in [-0.1, -0.05) is 0 Å². The summed E-state index contributed by atoms with van der Waals surface area (Å²) in [6, 6.07) is 0. The van der Waals surface area contributed by atoms with E-state index in [1.54, 1.807) is 0 Å². The molecule has 0 heterocycles. The van der Waals surface area contributed by atoms with Crippen LogP contribution < -0.4 is 0 Å². The maximum Gasteiger partial charge on any atom is 0.466 e. The Labute approximate surface area is 89.0 Å². The van der Waals surface area contributed by atoms with Crippen LogP contribution in [-0.4, -0.2) is 64.1 Å². The summed E-state index contributed by atoms with van der Waals surface area (Å²) in [5, 5.41) is 0. The molecule has 0 spiro atoms. The van der Waals surface area contributed by atoms with E-state index >= 15 is 0 Å². The highest BCUT2D eigenvalue weighted by molar-refractivity contribution is 7.45. The normalized spacial score (nSPS) is 9.83. The molecule has 0 fully saturated rings. The van der Waals surface area contributed by atoms with Crippen molar-refractivity contribution in [2.45, 2.75) is 0 Å². The fourth-order valence-corrected chi connectivity index (χ4v) is 0. The predicted octanol–water partition coefficient (Wildman–Crippen LogP) is -4.23. The van der Waals surface area contributed by atoms with Crippen molar-refractivity contribution in [3.8, 4) is 0 Å². The average Bonchev–Trinajstić information content (AvgIpc) is 1.12. The lowest BCUT2D eigenvalue weighted by molar-refractivity contribution is 0.272. The molecular formula is H12Al2O8P2. The van der Waals surface area contributed by atoms with Gasteiger partial charge in [0, 0.05) is 0 Å². The van der Waals surface area contributed by atoms with Gasteiger partial charge >= 0.3 is 15.6 Å². The quantitative estimate of drug-likeness (QED) is 0.188. The Hall–Kier alpha value is 1.28. The van der Waals surface area contributed by atoms with Gasteiger partial charge in [-0.2, -0.15) is 0 Å². The molecule has 0 amide bonds. The summed E-state index contributed by atoms with van der Waals surface area (Å²) in [6.07, 6.45) is 0. The summed E-state index contributed by atoms with van der Waals surface area (Å²) in [7, 11) is -9.28. The molecule has 0 aromatic heterocycles. The lowest BCUT2D eigenvalue weighted by atomic mass is 15.8. The number of hydrogen-bond acceptors (Lipinski definition) is 2. The minimum Gasteiger partial charge on any atom is -0.303 e. The Morgan fingerprint density at radius 1 is 0.583 bits per heavy atom. The fraction of sp³-hybridized carbons (Fsp3) is 0. The zero-order valence-electron chi connectivity index (χ0n) is 4.39. The highest BCUT2D eigenvalue weighted by atomic mass is 31.2. The van der Waals surface area contributed by atoms with Crippen molar-refractivity contribution in [3.63, 3.8) is 0 Å². The highest BCUT2D eigenvalue weighted by Crippen LogP contribution is 2.26. The molecule has 12 heteroatoms. The van der Waals surface area contributed by atoms with E-state index in [9.17, 15) is 0 Å². The Kier molecular flexibility index (Phi) is 17.2. The van der Waals surface area contributed by atoms with Crippen LogP contribution in [0.15, 0.2) is 0 Å². The molecule has 0 rings (SSSR count). The van der Waals surface area contributed by atoms with Crippen molar-refractivity contribution in [2.24, 2.45) is 0 Å². The molecule has 76 valence electrons. The molecule has 6 N–H and O–H groups in total. The minimum atomic E-state index is -4.64. The maximum atomic E-state index is 8.88. The summed E-state index contributed by atoms with van der Waals surface area (Å²) in [5.41, 5.74) is 0. The molecule has 0 saturated heterocycles. The van der Waals surface area contributed by atoms with Crippen LogP contribution in [0, 0.1) is 0 Å². The first-order valence-corrected chi connectivity index (χ1v) is 4.70. The third-order valence-corrected chi connectivity index (χ3v) is 0. The standard InChI is InChI=1S/2Al.2H3O4P.6H/c;;2*1-5(2,3)4;;;;;;/h;;2*(H3,1,2,3,4);;;;;;. The van der Waals surface area contributed by atoms with Gasteiger partial charge in [0.25, 0.3) is 0 Å². The second-order valence-electron chi connectivity index (χ2n) is 1.03. The van der Waals surface area contributed by atoms with E-state index in [1.165, 1.54) is 0 Å². The second-order valence-corrected chi connectivity index (χ2v) is 3.08. The van der Waals surface area contributed by atoms with Gasteiger partial charge in [-0.05, 0) is 0 Å². The molecule has 0 aromatic rings. The fourth-order valence-electron chi connectivity index (χ4n) is 0. The molecule has 0 atom stereocenters. The second kappa shape index (κ2) is 8.86. The Bertz CT molecular complexity index is 127. The van der Waals surface area contributed by atoms with Gasteiger partial charge in [-0.3, -0.25) is 0 Å². The van der Waals surface area contributed by atoms with Gasteiger partial charge in [0.2, 0.25) is 0 Å². The van der Waals surface area contributed by atoms with Gasteiger partial charge in [-0.25, -0.2) is 9.13 Å². The topological polar surface area (TPSA) is 156 Å². The molecule has 0 bridgehead atoms. The first-order valence-electron chi connectivity index (χ1n) is 1.57. The van der Waals surface area contributed by atoms with Crippen LogP contribution in [0.25, 0.3) is 0 Å². The number of rotatable bonds is 0. The smallest absolute Gasteiger partial charge is 0.303 e. The molecule has 12 heavy (non-hydrogen) atoms. The van der Waals surface area contributed by atoms with Crippen molar-refractivity contribution in [1.82, 2.24) is 0 Å². The van der Waals surface area contributed by atoms with E-state index in [-0.39, 0.29) is 34.7 Å². The maximum absolute atomic E-state index is 8.88. The Balaban J connectivity index is -0.0000000457. The molecule has 0 aliphatic heterocycles. The van der Waals surface area contributed by atoms with Crippen molar-refractivity contribution in [3.05, 3.63) is 0 Å². The van der Waals surface area contributed by atoms with Crippen LogP contribution >= 0.6 is 15.6 Å². The molecule has 0 radical (unpaired) electrons. The summed E-state index contributed by atoms with van der Waals surface area (Å²) in [4.78, 5) is 43.1. The van der Waals surface area contributed by atoms with E-state index in [4.69, 9.17) is 38.5 Å². The first-order chi connectivity index (χ1) is 4.00. The van der Waals surface area contributed by atoms with Crippen molar-refractivity contribution in [2.75, 3.05) is 0 Å². The van der Waals surface area contributed by atoms with Crippen LogP contribution in [-0.2, 0) is 9.13 Å². The van der Waals surface area contributed by atoms with Gasteiger partial charge in [0.05, 0.1) is 0 Å². The largest absolute Gasteiger partial charge is 0.466 e. The average molecular weight is 256 g/mol. The molecule has 0 saturated carbocycles. The van der Waals surface area contributed by atoms with E-state index in [0.29, 0.717) is 0 Å². The summed E-state index contributed by atoms with van der Waals surface area (Å²) in [6.45, 7) is 0. The SMILES string of the molecule is O=P(O)(O)O.O=P(O)(O)O.[AlH3].[AlH3]. The van der Waals surface area contributed by atoms with E-state index in [0.717, 1.165) is 0 Å². The lowest BCUT2D eigenvalue weighted by Crippen LogP contribution is -1.66. The Morgan fingerprint density at radius 3 is 0.583 bits per heavy atom. The zero-order valence-corrected chi connectivity index (χ0v) is 6.18. The van der Waals surface area contributed by atoms with Crippen molar-refractivity contribution >= 4 is 50.4 Å². The van der Waals surface area contributed by atoms with Crippen LogP contribution in [0.2, 0.25) is 0 Å². The van der Waals surface area contributed by atoms with Crippen molar-refractivity contribution in [1.29, 1.82) is 0 Å². The van der Waals surface area contributed by atoms with Crippen LogP contribution in [0.3, 0.4) is 0 Å². The minimum absolute atomic E-state index is 0. The van der Waals surface area contributed by atoms with Gasteiger partial charge in [-0.15, -0.1) is 0 Å². The van der Waals surface area contributed by atoms with E-state index in [1.807, 2.05) is 0 Å². The first kappa shape index (κ1) is 23.3. The molecule has 0 aliphatic rings. The molecule has 0 aromatic carbocycles. The number of phosphoric acid groups is 2. The van der Waals surface area contributed by atoms with Crippen LogP contribution in [0.5, 0.6) is 0 Å². The number of hydrogen-bond donors (Lipinski definition) is 6. The van der Waals surface area contributed by atoms with Crippen LogP contribution in [0.4, 0.5) is 0 Å². The summed E-state index contributed by atoms with van der Waals surface area (Å²) in [5.74, 6) is 0. The zero-order chi connectivity index (χ0) is 9.00. The van der Waals surface area contributed by atoms with Gasteiger partial charge in [0.15, 0.2) is 34.7 Å². The van der Waals surface area contributed by atoms with Crippen LogP contribution in [0.1, 0.15) is 0 Å². The molecular weight excluding hydrogens is 244 g/mol. The molecule has 0 unspecified atom stereocenters. The molecule has 0 aliphatic carbocycles. The highest BCUT2D eigenvalue weighted by Gasteiger charge is 2.00. The van der Waals surface area contributed by atoms with Crippen molar-refractivity contribution < 1.29 is 38.5 Å². The van der Waals surface area contributed by atoms with E-state index < -0.39 is 15.6 Å². The monoisotopic (exact) mass is 256 g/mol. The molecule has 8 nitrogen and oxygen atoms in total. The third kappa shape index (κ3) is 723. The Morgan fingerprint density at radius 2 is 0.583 bits per heavy atom.